The van der Waals surface area contributed by atoms with Crippen LogP contribution in [0.1, 0.15) is 25.3 Å². The largest absolute Gasteiger partial charge is 0.404 e. The molecule has 1 fully saturated rings. The molecule has 3 aromatic heterocycles. The highest BCUT2D eigenvalue weighted by Crippen LogP contribution is 2.37. The van der Waals surface area contributed by atoms with Crippen molar-refractivity contribution in [3.63, 3.8) is 0 Å². The van der Waals surface area contributed by atoms with E-state index in [-0.39, 0.29) is 11.3 Å². The van der Waals surface area contributed by atoms with Gasteiger partial charge in [0.25, 0.3) is 0 Å². The molecule has 3 aromatic rings. The van der Waals surface area contributed by atoms with E-state index in [1.165, 1.54) is 12.1 Å². The van der Waals surface area contributed by atoms with Crippen LogP contribution >= 0.6 is 0 Å². The quantitative estimate of drug-likeness (QED) is 0.557. The lowest BCUT2D eigenvalue weighted by Crippen LogP contribution is -2.42. The Hall–Kier alpha value is -3.04. The van der Waals surface area contributed by atoms with Crippen LogP contribution in [-0.2, 0) is 16.6 Å². The van der Waals surface area contributed by atoms with Crippen LogP contribution < -0.4 is 4.72 Å². The number of rotatable bonds is 6. The lowest BCUT2D eigenvalue weighted by Gasteiger charge is -2.17. The summed E-state index contributed by atoms with van der Waals surface area (Å²) >= 11 is 0. The lowest BCUT2D eigenvalue weighted by molar-refractivity contribution is -0.147. The number of hydrogen-bond donors (Lipinski definition) is 1. The maximum Gasteiger partial charge on any atom is 0.404 e. The number of sulfonamides is 1. The minimum Gasteiger partial charge on any atom is -0.323 e. The first-order valence-corrected chi connectivity index (χ1v) is 11.1. The Labute approximate surface area is 180 Å². The van der Waals surface area contributed by atoms with E-state index in [1.54, 1.807) is 9.29 Å². The van der Waals surface area contributed by atoms with Crippen molar-refractivity contribution in [2.75, 3.05) is 0 Å². The Morgan fingerprint density at radius 2 is 2.00 bits per heavy atom. The summed E-state index contributed by atoms with van der Waals surface area (Å²) in [6.07, 6.45) is -0.776. The van der Waals surface area contributed by atoms with E-state index in [0.717, 1.165) is 31.3 Å². The SMILES string of the molecule is C[C@H](NS(=O)(=O)c1ccc(-c2c(C#N)c3cc(F)cnc3n2CC2CC2)nc1)C(F)(F)F. The van der Waals surface area contributed by atoms with Crippen LogP contribution in [0.25, 0.3) is 22.4 Å². The molecule has 0 aromatic carbocycles. The van der Waals surface area contributed by atoms with E-state index in [1.807, 2.05) is 6.07 Å². The maximum atomic E-state index is 13.8. The average Bonchev–Trinajstić information content (AvgIpc) is 3.48. The molecule has 0 unspecified atom stereocenters. The fourth-order valence-electron chi connectivity index (χ4n) is 3.36. The van der Waals surface area contributed by atoms with Gasteiger partial charge >= 0.3 is 6.18 Å². The zero-order valence-corrected chi connectivity index (χ0v) is 17.5. The van der Waals surface area contributed by atoms with Gasteiger partial charge in [0, 0.05) is 18.1 Å². The molecule has 1 N–H and O–H groups in total. The smallest absolute Gasteiger partial charge is 0.323 e. The monoisotopic (exact) mass is 467 g/mol. The third-order valence-corrected chi connectivity index (χ3v) is 6.75. The number of nitrogens with one attached hydrogen (secondary N) is 1. The van der Waals surface area contributed by atoms with Crippen LogP contribution in [0.15, 0.2) is 35.5 Å². The number of alkyl halides is 3. The van der Waals surface area contributed by atoms with Crippen LogP contribution in [0.5, 0.6) is 0 Å². The summed E-state index contributed by atoms with van der Waals surface area (Å²) in [5.74, 6) is -0.237. The molecule has 12 heteroatoms. The highest BCUT2D eigenvalue weighted by molar-refractivity contribution is 7.89. The zero-order chi connectivity index (χ0) is 23.3. The van der Waals surface area contributed by atoms with Crippen molar-refractivity contribution >= 4 is 21.1 Å². The van der Waals surface area contributed by atoms with Gasteiger partial charge in [0.2, 0.25) is 10.0 Å². The summed E-state index contributed by atoms with van der Waals surface area (Å²) in [7, 11) is -4.47. The molecule has 1 saturated carbocycles. The number of pyridine rings is 2. The predicted octanol–water partition coefficient (Wildman–Crippen LogP) is 3.75. The van der Waals surface area contributed by atoms with E-state index < -0.39 is 33.0 Å². The van der Waals surface area contributed by atoms with Crippen molar-refractivity contribution in [1.29, 1.82) is 5.26 Å². The number of hydrogen-bond acceptors (Lipinski definition) is 5. The zero-order valence-electron chi connectivity index (χ0n) is 16.7. The summed E-state index contributed by atoms with van der Waals surface area (Å²) in [6, 6.07) is 3.39. The Kier molecular flexibility index (Phi) is 5.42. The number of nitriles is 1. The molecule has 168 valence electrons. The van der Waals surface area contributed by atoms with Gasteiger partial charge in [0.1, 0.15) is 28.5 Å². The van der Waals surface area contributed by atoms with Gasteiger partial charge in [-0.15, -0.1) is 0 Å². The maximum absolute atomic E-state index is 13.8. The summed E-state index contributed by atoms with van der Waals surface area (Å²) in [4.78, 5) is 7.78. The van der Waals surface area contributed by atoms with Crippen molar-refractivity contribution in [1.82, 2.24) is 19.3 Å². The third kappa shape index (κ3) is 4.18. The molecule has 1 aliphatic carbocycles. The van der Waals surface area contributed by atoms with Crippen molar-refractivity contribution < 1.29 is 26.0 Å². The first-order chi connectivity index (χ1) is 15.0. The number of halogens is 4. The first-order valence-electron chi connectivity index (χ1n) is 9.64. The van der Waals surface area contributed by atoms with E-state index >= 15 is 0 Å². The highest BCUT2D eigenvalue weighted by atomic mass is 32.2. The van der Waals surface area contributed by atoms with Crippen LogP contribution in [0.4, 0.5) is 17.6 Å². The molecular formula is C20H17F4N5O2S. The molecular weight excluding hydrogens is 450 g/mol. The molecule has 0 amide bonds. The van der Waals surface area contributed by atoms with Gasteiger partial charge in [0.15, 0.2) is 0 Å². The first kappa shape index (κ1) is 22.2. The second kappa shape index (κ2) is 7.83. The van der Waals surface area contributed by atoms with Crippen LogP contribution in [0.3, 0.4) is 0 Å². The minimum absolute atomic E-state index is 0.138. The molecule has 0 radical (unpaired) electrons. The average molecular weight is 467 g/mol. The van der Waals surface area contributed by atoms with Gasteiger partial charge in [-0.3, -0.25) is 4.98 Å². The Balaban J connectivity index is 1.77. The van der Waals surface area contributed by atoms with Crippen LogP contribution in [0, 0.1) is 23.1 Å². The summed E-state index contributed by atoms with van der Waals surface area (Å²) < 4.78 is 79.9. The van der Waals surface area contributed by atoms with E-state index in [2.05, 4.69) is 9.97 Å². The van der Waals surface area contributed by atoms with Gasteiger partial charge < -0.3 is 4.57 Å². The Morgan fingerprint density at radius 3 is 2.56 bits per heavy atom. The molecule has 32 heavy (non-hydrogen) atoms. The fourth-order valence-corrected chi connectivity index (χ4v) is 4.54. The number of aromatic nitrogens is 3. The van der Waals surface area contributed by atoms with Gasteiger partial charge in [-0.2, -0.15) is 23.2 Å². The number of fused-ring (bicyclic) bond motifs is 1. The number of nitrogens with zero attached hydrogens (tertiary/aromatic N) is 4. The molecule has 1 atom stereocenters. The standard InChI is InChI=1S/C20H17F4N5O2S/c1-11(20(22,23)24)28-32(30,31)14-4-5-17(26-9-14)18-16(7-25)15-6-13(21)8-27-19(15)29(18)10-12-2-3-12/h4-6,8-9,11-12,28H,2-3,10H2,1H3/t11-/m0/s1. The van der Waals surface area contributed by atoms with Crippen molar-refractivity contribution in [2.24, 2.45) is 5.92 Å². The molecule has 3 heterocycles. The van der Waals surface area contributed by atoms with Crippen LogP contribution in [0.2, 0.25) is 0 Å². The van der Waals surface area contributed by atoms with Gasteiger partial charge in [0.05, 0.1) is 23.1 Å². The normalized spacial score (nSPS) is 15.6. The van der Waals surface area contributed by atoms with Crippen molar-refractivity contribution in [3.05, 3.63) is 42.0 Å². The minimum atomic E-state index is -4.74. The third-order valence-electron chi connectivity index (χ3n) is 5.23. The lowest BCUT2D eigenvalue weighted by atomic mass is 10.1. The molecule has 0 bridgehead atoms. The molecule has 0 aliphatic heterocycles. The Morgan fingerprint density at radius 1 is 1.28 bits per heavy atom. The molecule has 0 saturated heterocycles. The second-order valence-corrected chi connectivity index (χ2v) is 9.39. The molecule has 1 aliphatic rings. The van der Waals surface area contributed by atoms with E-state index in [4.69, 9.17) is 0 Å². The topological polar surface area (TPSA) is 101 Å². The van der Waals surface area contributed by atoms with E-state index in [0.29, 0.717) is 36.1 Å². The van der Waals surface area contributed by atoms with E-state index in [9.17, 15) is 31.2 Å². The predicted molar refractivity (Wildman–Crippen MR) is 106 cm³/mol. The molecule has 7 nitrogen and oxygen atoms in total. The van der Waals surface area contributed by atoms with Crippen molar-refractivity contribution in [3.8, 4) is 17.5 Å². The highest BCUT2D eigenvalue weighted by Gasteiger charge is 2.39. The van der Waals surface area contributed by atoms with Gasteiger partial charge in [-0.25, -0.2) is 17.8 Å². The summed E-state index contributed by atoms with van der Waals surface area (Å²) in [5.41, 5.74) is 1.13. The fraction of sp³-hybridized carbons (Fsp3) is 0.350. The van der Waals surface area contributed by atoms with Gasteiger partial charge in [-0.1, -0.05) is 0 Å². The summed E-state index contributed by atoms with van der Waals surface area (Å²) in [6.45, 7) is 1.22. The molecule has 0 spiro atoms. The van der Waals surface area contributed by atoms with Crippen molar-refractivity contribution in [2.45, 2.75) is 43.4 Å². The summed E-state index contributed by atoms with van der Waals surface area (Å²) in [5, 5.41) is 10.0. The second-order valence-electron chi connectivity index (χ2n) is 7.68. The van der Waals surface area contributed by atoms with Crippen LogP contribution in [-0.4, -0.2) is 35.2 Å². The molecule has 4 rings (SSSR count). The Bertz CT molecular complexity index is 1320. The van der Waals surface area contributed by atoms with Gasteiger partial charge in [-0.05, 0) is 43.9 Å².